The number of aromatic hydroxyl groups is 1. The lowest BCUT2D eigenvalue weighted by Gasteiger charge is -1.88. The molecule has 0 aliphatic rings. The normalized spacial score (nSPS) is 9.78. The summed E-state index contributed by atoms with van der Waals surface area (Å²) in [4.78, 5) is 39.0. The van der Waals surface area contributed by atoms with Crippen LogP contribution in [-0.2, 0) is 0 Å². The fourth-order valence-corrected chi connectivity index (χ4v) is 1.07. The van der Waals surface area contributed by atoms with E-state index in [0.29, 0.717) is 0 Å². The molecule has 0 aliphatic carbocycles. The molecule has 11 heteroatoms. The molecule has 0 aromatic heterocycles. The van der Waals surface area contributed by atoms with Crippen LogP contribution in [0.1, 0.15) is 0 Å². The summed E-state index contributed by atoms with van der Waals surface area (Å²) in [6.45, 7) is 0. The van der Waals surface area contributed by atoms with Crippen molar-refractivity contribution in [3.05, 3.63) is 52.7 Å². The van der Waals surface area contributed by atoms with Crippen molar-refractivity contribution >= 4 is 17.1 Å². The first-order chi connectivity index (χ1) is 8.25. The molecule has 1 aromatic carbocycles. The molecule has 0 bridgehead atoms. The Hall–Kier alpha value is -3.11. The Morgan fingerprint density at radius 3 is 1.72 bits per heavy atom. The van der Waals surface area contributed by atoms with Crippen LogP contribution in [0.2, 0.25) is 0 Å². The smallest absolute Gasteiger partial charge is 0.327 e. The molecule has 1 rings (SSSR count). The van der Waals surface area contributed by atoms with Crippen LogP contribution in [0.4, 0.5) is 17.1 Å². The monoisotopic (exact) mass is 257 g/mol. The summed E-state index contributed by atoms with van der Waals surface area (Å²) < 4.78 is 0. The molecule has 1 aromatic rings. The zero-order valence-electron chi connectivity index (χ0n) is 8.30. The van der Waals surface area contributed by atoms with E-state index in [1.165, 1.54) is 0 Å². The molecule has 0 amide bonds. The van der Waals surface area contributed by atoms with E-state index in [0.717, 1.165) is 0 Å². The zero-order valence-corrected chi connectivity index (χ0v) is 8.30. The number of rotatable bonds is 3. The lowest BCUT2D eigenvalue weighted by atomic mass is 10.4. The third-order valence-electron chi connectivity index (χ3n) is 1.86. The molecule has 0 atom stereocenters. The second kappa shape index (κ2) is 4.40. The summed E-state index contributed by atoms with van der Waals surface area (Å²) >= 11 is 0. The Morgan fingerprint density at radius 2 is 1.33 bits per heavy atom. The fraction of sp³-hybridized carbons (Fsp3) is 0. The van der Waals surface area contributed by atoms with Gasteiger partial charge in [-0.2, -0.15) is 0 Å². The van der Waals surface area contributed by atoms with Gasteiger partial charge in [-0.1, -0.05) is 0 Å². The fourth-order valence-electron chi connectivity index (χ4n) is 1.07. The first kappa shape index (κ1) is 13.0. The van der Waals surface area contributed by atoms with E-state index in [9.17, 15) is 40.2 Å². The van der Waals surface area contributed by atoms with Gasteiger partial charge in [0.25, 0.3) is 5.69 Å². The third kappa shape index (κ3) is 2.18. The SMILES string of the molecule is O=c1c([N+](=O)[O-])cc([N+](=O)[O-])cc([N+](=O)[O-])c1O. The summed E-state index contributed by atoms with van der Waals surface area (Å²) in [6.07, 6.45) is 0. The average molecular weight is 257 g/mol. The van der Waals surface area contributed by atoms with Crippen LogP contribution in [0.25, 0.3) is 0 Å². The van der Waals surface area contributed by atoms with Crippen LogP contribution in [0.15, 0.2) is 16.9 Å². The molecule has 0 saturated carbocycles. The maximum atomic E-state index is 11.3. The van der Waals surface area contributed by atoms with Gasteiger partial charge >= 0.3 is 16.8 Å². The minimum Gasteiger partial charge on any atom is -0.499 e. The summed E-state index contributed by atoms with van der Waals surface area (Å²) in [5.74, 6) is -1.53. The maximum Gasteiger partial charge on any atom is 0.327 e. The molecule has 0 saturated heterocycles. The van der Waals surface area contributed by atoms with Gasteiger partial charge in [0.2, 0.25) is 5.75 Å². The second-order valence-corrected chi connectivity index (χ2v) is 2.93. The molecule has 18 heavy (non-hydrogen) atoms. The zero-order chi connectivity index (χ0) is 14.0. The summed E-state index contributed by atoms with van der Waals surface area (Å²) in [5, 5.41) is 40.6. The molecule has 0 radical (unpaired) electrons. The highest BCUT2D eigenvalue weighted by Crippen LogP contribution is 2.27. The largest absolute Gasteiger partial charge is 0.499 e. The number of nitrogens with zero attached hydrogens (tertiary/aromatic N) is 3. The standard InChI is InChI=1S/C7H3N3O8/c11-6-4(9(15)16)1-3(8(13)14)2-5(7(6)12)10(17)18/h1-2H,(H,11,12). The molecule has 0 aliphatic heterocycles. The van der Waals surface area contributed by atoms with Gasteiger partial charge in [0.15, 0.2) is 0 Å². The van der Waals surface area contributed by atoms with E-state index in [2.05, 4.69) is 0 Å². The molecule has 11 nitrogen and oxygen atoms in total. The number of hydrogen-bond acceptors (Lipinski definition) is 8. The Bertz CT molecular complexity index is 625. The third-order valence-corrected chi connectivity index (χ3v) is 1.86. The van der Waals surface area contributed by atoms with Crippen molar-refractivity contribution in [1.29, 1.82) is 0 Å². The number of nitro groups is 3. The molecular formula is C7H3N3O8. The Kier molecular flexibility index (Phi) is 3.17. The molecule has 0 heterocycles. The molecule has 0 unspecified atom stereocenters. The predicted molar refractivity (Wildman–Crippen MR) is 54.3 cm³/mol. The van der Waals surface area contributed by atoms with Crippen molar-refractivity contribution in [2.75, 3.05) is 0 Å². The van der Waals surface area contributed by atoms with Gasteiger partial charge in [-0.3, -0.25) is 35.1 Å². The first-order valence-electron chi connectivity index (χ1n) is 4.10. The van der Waals surface area contributed by atoms with Crippen LogP contribution in [0.5, 0.6) is 5.75 Å². The second-order valence-electron chi connectivity index (χ2n) is 2.93. The Labute approximate surface area is 96.4 Å². The van der Waals surface area contributed by atoms with Gasteiger partial charge in [0.05, 0.1) is 26.9 Å². The van der Waals surface area contributed by atoms with Crippen LogP contribution >= 0.6 is 0 Å². The quantitative estimate of drug-likeness (QED) is 0.602. The highest BCUT2D eigenvalue weighted by Gasteiger charge is 2.27. The average Bonchev–Trinajstić information content (AvgIpc) is 2.38. The van der Waals surface area contributed by atoms with Gasteiger partial charge in [-0.25, -0.2) is 0 Å². The predicted octanol–water partition coefficient (Wildman–Crippen LogP) is 0.477. The van der Waals surface area contributed by atoms with E-state index < -0.39 is 43.0 Å². The van der Waals surface area contributed by atoms with Crippen LogP contribution < -0.4 is 5.43 Å². The molecular weight excluding hydrogens is 254 g/mol. The summed E-state index contributed by atoms with van der Waals surface area (Å²) in [6, 6.07) is 0.513. The van der Waals surface area contributed by atoms with Crippen LogP contribution in [0, 0.1) is 30.3 Å². The van der Waals surface area contributed by atoms with Crippen LogP contribution in [-0.4, -0.2) is 19.9 Å². The van der Waals surface area contributed by atoms with E-state index >= 15 is 0 Å². The molecule has 94 valence electrons. The van der Waals surface area contributed by atoms with Crippen molar-refractivity contribution in [3.8, 4) is 5.75 Å². The van der Waals surface area contributed by atoms with Gasteiger partial charge in [0, 0.05) is 0 Å². The summed E-state index contributed by atoms with van der Waals surface area (Å²) in [7, 11) is 0. The van der Waals surface area contributed by atoms with Crippen molar-refractivity contribution in [3.63, 3.8) is 0 Å². The van der Waals surface area contributed by atoms with Crippen molar-refractivity contribution < 1.29 is 19.9 Å². The van der Waals surface area contributed by atoms with E-state index in [4.69, 9.17) is 0 Å². The van der Waals surface area contributed by atoms with Crippen molar-refractivity contribution in [1.82, 2.24) is 0 Å². The Balaban J connectivity index is 3.90. The van der Waals surface area contributed by atoms with Gasteiger partial charge in [-0.15, -0.1) is 0 Å². The lowest BCUT2D eigenvalue weighted by molar-refractivity contribution is -0.396. The molecule has 0 fully saturated rings. The van der Waals surface area contributed by atoms with E-state index in [-0.39, 0.29) is 12.1 Å². The summed E-state index contributed by atoms with van der Waals surface area (Å²) in [5.41, 5.74) is -5.32. The van der Waals surface area contributed by atoms with Gasteiger partial charge in [-0.05, 0) is 0 Å². The Morgan fingerprint density at radius 1 is 0.889 bits per heavy atom. The van der Waals surface area contributed by atoms with E-state index in [1.54, 1.807) is 0 Å². The highest BCUT2D eigenvalue weighted by molar-refractivity contribution is 5.56. The topological polar surface area (TPSA) is 167 Å². The number of hydrogen-bond donors (Lipinski definition) is 1. The minimum absolute atomic E-state index is 0.245. The lowest BCUT2D eigenvalue weighted by Crippen LogP contribution is -2.05. The van der Waals surface area contributed by atoms with Crippen molar-refractivity contribution in [2.24, 2.45) is 0 Å². The van der Waals surface area contributed by atoms with Crippen LogP contribution in [0.3, 0.4) is 0 Å². The van der Waals surface area contributed by atoms with Gasteiger partial charge in [0.1, 0.15) is 0 Å². The minimum atomic E-state index is -1.67. The van der Waals surface area contributed by atoms with Crippen molar-refractivity contribution in [2.45, 2.75) is 0 Å². The van der Waals surface area contributed by atoms with Gasteiger partial charge < -0.3 is 5.11 Å². The van der Waals surface area contributed by atoms with E-state index in [1.807, 2.05) is 0 Å². The maximum absolute atomic E-state index is 11.3. The highest BCUT2D eigenvalue weighted by atomic mass is 16.6. The molecule has 1 N–H and O–H groups in total. The molecule has 0 spiro atoms. The first-order valence-corrected chi connectivity index (χ1v) is 4.10.